The molecule has 0 amide bonds. The summed E-state index contributed by atoms with van der Waals surface area (Å²) >= 11 is 6.93. The van der Waals surface area contributed by atoms with Crippen molar-refractivity contribution in [3.05, 3.63) is 160 Å². The molecule has 7 aromatic rings. The number of halogens is 4. The van der Waals surface area contributed by atoms with Gasteiger partial charge in [-0.1, -0.05) is 50.1 Å². The van der Waals surface area contributed by atoms with Crippen LogP contribution in [0.2, 0.25) is 0 Å². The van der Waals surface area contributed by atoms with Gasteiger partial charge in [-0.25, -0.2) is 25.9 Å². The zero-order valence-electron chi connectivity index (χ0n) is 33.5. The molecule has 61 heavy (non-hydrogen) atoms. The summed E-state index contributed by atoms with van der Waals surface area (Å²) in [5, 5.41) is 9.85. The van der Waals surface area contributed by atoms with Gasteiger partial charge < -0.3 is 14.2 Å². The number of hydrogen-bond acceptors (Lipinski definition) is 7. The van der Waals surface area contributed by atoms with E-state index in [9.17, 15) is 8.42 Å². The van der Waals surface area contributed by atoms with Crippen LogP contribution >= 0.6 is 31.9 Å². The van der Waals surface area contributed by atoms with Crippen LogP contribution in [0.4, 0.5) is 8.78 Å². The zero-order valence-corrected chi connectivity index (χ0v) is 37.5. The minimum atomic E-state index is -4.11. The van der Waals surface area contributed by atoms with Gasteiger partial charge in [0.25, 0.3) is 10.0 Å². The van der Waals surface area contributed by atoms with Crippen molar-refractivity contribution >= 4 is 52.8 Å². The van der Waals surface area contributed by atoms with Crippen LogP contribution in [-0.2, 0) is 25.9 Å². The maximum atomic E-state index is 16.7. The first-order valence-corrected chi connectivity index (χ1v) is 22.9. The summed E-state index contributed by atoms with van der Waals surface area (Å²) in [7, 11) is -4.11. The van der Waals surface area contributed by atoms with Crippen LogP contribution < -0.4 is 4.74 Å². The Morgan fingerprint density at radius 3 is 2.56 bits per heavy atom. The molecule has 1 saturated heterocycles. The Morgan fingerprint density at radius 1 is 0.984 bits per heavy atom. The Kier molecular flexibility index (Phi) is 12.5. The van der Waals surface area contributed by atoms with Crippen LogP contribution in [-0.4, -0.2) is 50.8 Å². The SMILES string of the molecule is C=CC(C)(C)OCCC(c1cccc(Br)c1)n1ccc(-c2cc(Oc3c(F)cc4c(ccn4S(=O)(=O)c4ccc(Br)cc4)c3Cc3cnn(C4CCCCO4)c3)ccc2F)n1. The van der Waals surface area contributed by atoms with E-state index in [0.717, 1.165) is 49.4 Å². The molecule has 0 radical (unpaired) electrons. The molecular weight excluding hydrogens is 932 g/mol. The monoisotopic (exact) mass is 973 g/mol. The second kappa shape index (κ2) is 17.8. The first-order valence-electron chi connectivity index (χ1n) is 19.8. The van der Waals surface area contributed by atoms with E-state index in [0.29, 0.717) is 36.3 Å². The molecule has 2 unspecified atom stereocenters. The summed E-state index contributed by atoms with van der Waals surface area (Å²) in [6.07, 6.45) is 11.8. The number of aromatic nitrogens is 5. The van der Waals surface area contributed by atoms with E-state index in [2.05, 4.69) is 43.5 Å². The van der Waals surface area contributed by atoms with Gasteiger partial charge in [0.1, 0.15) is 17.8 Å². The Labute approximate surface area is 370 Å². The van der Waals surface area contributed by atoms with Crippen LogP contribution in [0.25, 0.3) is 22.2 Å². The van der Waals surface area contributed by atoms with Crippen molar-refractivity contribution in [2.24, 2.45) is 0 Å². The number of benzene rings is 4. The Bertz CT molecular complexity index is 2810. The van der Waals surface area contributed by atoms with Gasteiger partial charge in [0, 0.05) is 63.1 Å². The predicted octanol–water partition coefficient (Wildman–Crippen LogP) is 11.8. The molecule has 0 saturated carbocycles. The van der Waals surface area contributed by atoms with Gasteiger partial charge in [0.2, 0.25) is 0 Å². The standard InChI is InChI=1S/C46H43Br2F2N5O5S/c1-4-46(2,3)59-23-19-42(31-8-7-9-33(48)25-31)53-20-18-41(52-53)38-26-34(13-16-39(38)49)60-45-37(24-30-28-51-54(29-30)44-10-5-6-22-58-44)36-17-21-55(43(36)27-40(45)50)61(56,57)35-14-11-32(47)12-15-35/h4,7-9,11-18,20-21,25-29,42,44H,1,5-6,10,19,22-24H2,2-3H3. The first kappa shape index (κ1) is 42.7. The molecule has 0 spiro atoms. The second-order valence-electron chi connectivity index (χ2n) is 15.4. The Balaban J connectivity index is 1.15. The minimum Gasteiger partial charge on any atom is -0.454 e. The molecule has 3 aromatic heterocycles. The molecule has 0 bridgehead atoms. The van der Waals surface area contributed by atoms with Crippen LogP contribution in [0.5, 0.6) is 11.5 Å². The van der Waals surface area contributed by atoms with Crippen molar-refractivity contribution in [2.45, 2.75) is 68.7 Å². The van der Waals surface area contributed by atoms with Gasteiger partial charge in [0.05, 0.1) is 40.6 Å². The molecule has 316 valence electrons. The molecule has 1 aliphatic rings. The van der Waals surface area contributed by atoms with Gasteiger partial charge >= 0.3 is 0 Å². The summed E-state index contributed by atoms with van der Waals surface area (Å²) < 4.78 is 84.9. The zero-order chi connectivity index (χ0) is 42.9. The quantitative estimate of drug-likeness (QED) is 0.0943. The number of hydrogen-bond donors (Lipinski definition) is 0. The van der Waals surface area contributed by atoms with Crippen LogP contribution in [0.1, 0.15) is 68.5 Å². The topological polar surface area (TPSA) is 102 Å². The van der Waals surface area contributed by atoms with E-state index >= 15 is 8.78 Å². The fourth-order valence-corrected chi connectivity index (χ4v) is 9.47. The maximum absolute atomic E-state index is 16.7. The van der Waals surface area contributed by atoms with Crippen molar-refractivity contribution < 1.29 is 31.4 Å². The van der Waals surface area contributed by atoms with Gasteiger partial charge in [-0.05, 0) is 117 Å². The fourth-order valence-electron chi connectivity index (χ4n) is 7.45. The van der Waals surface area contributed by atoms with Crippen molar-refractivity contribution in [2.75, 3.05) is 13.2 Å². The highest BCUT2D eigenvalue weighted by molar-refractivity contribution is 9.10. The molecule has 0 N–H and O–H groups in total. The van der Waals surface area contributed by atoms with E-state index in [1.807, 2.05) is 44.3 Å². The summed E-state index contributed by atoms with van der Waals surface area (Å²) in [5.41, 5.74) is 2.22. The highest BCUT2D eigenvalue weighted by atomic mass is 79.9. The molecular formula is C46H43Br2F2N5O5S. The van der Waals surface area contributed by atoms with Crippen LogP contribution in [0.15, 0.2) is 136 Å². The van der Waals surface area contributed by atoms with E-state index in [1.165, 1.54) is 36.5 Å². The van der Waals surface area contributed by atoms with E-state index in [1.54, 1.807) is 52.1 Å². The third-order valence-electron chi connectivity index (χ3n) is 10.8. The number of rotatable bonds is 15. The third kappa shape index (κ3) is 9.31. The summed E-state index contributed by atoms with van der Waals surface area (Å²) in [6, 6.07) is 22.6. The average Bonchev–Trinajstić information content (AvgIpc) is 4.03. The maximum Gasteiger partial charge on any atom is 0.268 e. The fraction of sp³-hybridized carbons (Fsp3) is 0.261. The van der Waals surface area contributed by atoms with Crippen LogP contribution in [0.3, 0.4) is 0 Å². The van der Waals surface area contributed by atoms with Gasteiger partial charge in [-0.15, -0.1) is 6.58 Å². The molecule has 4 aromatic carbocycles. The Hall–Kier alpha value is -4.93. The summed E-state index contributed by atoms with van der Waals surface area (Å²) in [4.78, 5) is 0.0402. The lowest BCUT2D eigenvalue weighted by Crippen LogP contribution is -2.23. The largest absolute Gasteiger partial charge is 0.454 e. The molecule has 1 fully saturated rings. The molecule has 8 rings (SSSR count). The third-order valence-corrected chi connectivity index (χ3v) is 13.5. The number of fused-ring (bicyclic) bond motifs is 1. The van der Waals surface area contributed by atoms with Crippen molar-refractivity contribution in [1.82, 2.24) is 23.5 Å². The molecule has 0 aliphatic carbocycles. The molecule has 15 heteroatoms. The molecule has 10 nitrogen and oxygen atoms in total. The highest BCUT2D eigenvalue weighted by Crippen LogP contribution is 2.39. The Morgan fingerprint density at radius 2 is 1.80 bits per heavy atom. The van der Waals surface area contributed by atoms with Crippen molar-refractivity contribution in [1.29, 1.82) is 0 Å². The molecule has 4 heterocycles. The lowest BCUT2D eigenvalue weighted by Gasteiger charge is -2.24. The van der Waals surface area contributed by atoms with Gasteiger partial charge in [-0.2, -0.15) is 10.2 Å². The van der Waals surface area contributed by atoms with Gasteiger partial charge in [-0.3, -0.25) is 4.68 Å². The second-order valence-corrected chi connectivity index (χ2v) is 19.1. The van der Waals surface area contributed by atoms with Gasteiger partial charge in [0.15, 0.2) is 11.6 Å². The number of ether oxygens (including phenoxy) is 3. The van der Waals surface area contributed by atoms with E-state index in [-0.39, 0.29) is 46.2 Å². The first-order chi connectivity index (χ1) is 29.3. The average molecular weight is 976 g/mol. The van der Waals surface area contributed by atoms with Crippen molar-refractivity contribution in [3.63, 3.8) is 0 Å². The summed E-state index contributed by atoms with van der Waals surface area (Å²) in [6.45, 7) is 8.80. The predicted molar refractivity (Wildman–Crippen MR) is 237 cm³/mol. The number of nitrogens with zero attached hydrogens (tertiary/aromatic N) is 5. The molecule has 2 atom stereocenters. The summed E-state index contributed by atoms with van der Waals surface area (Å²) in [5.74, 6) is -1.32. The van der Waals surface area contributed by atoms with Crippen molar-refractivity contribution in [3.8, 4) is 22.8 Å². The lowest BCUT2D eigenvalue weighted by molar-refractivity contribution is -0.0395. The lowest BCUT2D eigenvalue weighted by atomic mass is 10.0. The van der Waals surface area contributed by atoms with E-state index in [4.69, 9.17) is 19.3 Å². The van der Waals surface area contributed by atoms with Crippen LogP contribution in [0, 0.1) is 11.6 Å². The normalized spacial score (nSPS) is 15.3. The van der Waals surface area contributed by atoms with E-state index < -0.39 is 27.3 Å². The molecule has 1 aliphatic heterocycles. The minimum absolute atomic E-state index is 0.0402. The smallest absolute Gasteiger partial charge is 0.268 e. The highest BCUT2D eigenvalue weighted by Gasteiger charge is 2.26.